The van der Waals surface area contributed by atoms with Crippen LogP contribution in [0.2, 0.25) is 0 Å². The standard InChI is InChI=1S/C28H35F2N3/c1-7-26(21(4)22(5)31)28-17-27(19(2)16-20(28)3)23(6)32-13-15-33(14-12-29)18-24-8-10-25(30)11-9-24/h7-11,16-17,32H,4-6,12-15,18,31H2,1-3H3/b26-7-. The van der Waals surface area contributed by atoms with Gasteiger partial charge in [0, 0.05) is 43.1 Å². The van der Waals surface area contributed by atoms with Crippen LogP contribution < -0.4 is 11.1 Å². The summed E-state index contributed by atoms with van der Waals surface area (Å²) < 4.78 is 26.2. The molecule has 0 aliphatic carbocycles. The van der Waals surface area contributed by atoms with Crippen LogP contribution in [-0.4, -0.2) is 31.2 Å². The Kier molecular flexibility index (Phi) is 9.61. The van der Waals surface area contributed by atoms with E-state index in [9.17, 15) is 8.78 Å². The summed E-state index contributed by atoms with van der Waals surface area (Å²) in [6.07, 6.45) is 1.99. The van der Waals surface area contributed by atoms with Crippen molar-refractivity contribution in [1.29, 1.82) is 0 Å². The molecule has 3 N–H and O–H groups in total. The average molecular weight is 452 g/mol. The van der Waals surface area contributed by atoms with Crippen molar-refractivity contribution < 1.29 is 8.78 Å². The van der Waals surface area contributed by atoms with Gasteiger partial charge < -0.3 is 11.1 Å². The van der Waals surface area contributed by atoms with Gasteiger partial charge >= 0.3 is 0 Å². The molecule has 0 spiro atoms. The van der Waals surface area contributed by atoms with Crippen molar-refractivity contribution in [3.05, 3.63) is 107 Å². The second-order valence-electron chi connectivity index (χ2n) is 8.19. The fourth-order valence-corrected chi connectivity index (χ4v) is 3.83. The normalized spacial score (nSPS) is 11.5. The van der Waals surface area contributed by atoms with Crippen molar-refractivity contribution in [3.63, 3.8) is 0 Å². The largest absolute Gasteiger partial charge is 0.399 e. The monoisotopic (exact) mass is 451 g/mol. The molecular weight excluding hydrogens is 416 g/mol. The lowest BCUT2D eigenvalue weighted by Crippen LogP contribution is -2.32. The number of nitrogens with one attached hydrogen (secondary N) is 1. The molecule has 5 heteroatoms. The van der Waals surface area contributed by atoms with Crippen molar-refractivity contribution >= 4 is 11.3 Å². The molecule has 0 heterocycles. The molecule has 0 aliphatic heterocycles. The fourth-order valence-electron chi connectivity index (χ4n) is 3.83. The molecule has 0 atom stereocenters. The zero-order valence-corrected chi connectivity index (χ0v) is 20.0. The molecule has 0 fully saturated rings. The van der Waals surface area contributed by atoms with Crippen molar-refractivity contribution in [1.82, 2.24) is 10.2 Å². The van der Waals surface area contributed by atoms with Gasteiger partial charge in [-0.1, -0.05) is 44.0 Å². The Morgan fingerprint density at radius 2 is 1.67 bits per heavy atom. The quantitative estimate of drug-likeness (QED) is 0.395. The van der Waals surface area contributed by atoms with Crippen molar-refractivity contribution in [3.8, 4) is 0 Å². The van der Waals surface area contributed by atoms with E-state index in [-0.39, 0.29) is 5.82 Å². The fraction of sp³-hybridized carbons (Fsp3) is 0.286. The van der Waals surface area contributed by atoms with E-state index in [0.717, 1.165) is 39.1 Å². The van der Waals surface area contributed by atoms with Gasteiger partial charge in [0.2, 0.25) is 0 Å². The van der Waals surface area contributed by atoms with Crippen LogP contribution in [0.1, 0.15) is 34.7 Å². The Morgan fingerprint density at radius 1 is 1.03 bits per heavy atom. The van der Waals surface area contributed by atoms with Gasteiger partial charge in [-0.2, -0.15) is 0 Å². The van der Waals surface area contributed by atoms with E-state index in [1.54, 1.807) is 12.1 Å². The summed E-state index contributed by atoms with van der Waals surface area (Å²) in [5.41, 5.74) is 14.0. The minimum absolute atomic E-state index is 0.276. The van der Waals surface area contributed by atoms with Gasteiger partial charge in [-0.05, 0) is 72.4 Å². The third-order valence-corrected chi connectivity index (χ3v) is 5.67. The lowest BCUT2D eigenvalue weighted by Gasteiger charge is -2.23. The first-order valence-corrected chi connectivity index (χ1v) is 11.1. The highest BCUT2D eigenvalue weighted by Crippen LogP contribution is 2.31. The lowest BCUT2D eigenvalue weighted by molar-refractivity contribution is 0.243. The molecule has 0 unspecified atom stereocenters. The van der Waals surface area contributed by atoms with Gasteiger partial charge in [-0.3, -0.25) is 4.90 Å². The molecule has 2 rings (SSSR count). The maximum atomic E-state index is 13.2. The van der Waals surface area contributed by atoms with Crippen LogP contribution in [0.15, 0.2) is 73.5 Å². The first-order chi connectivity index (χ1) is 15.7. The van der Waals surface area contributed by atoms with Crippen LogP contribution >= 0.6 is 0 Å². The summed E-state index contributed by atoms with van der Waals surface area (Å²) in [7, 11) is 0. The third kappa shape index (κ3) is 7.16. The lowest BCUT2D eigenvalue weighted by atomic mass is 9.89. The predicted octanol–water partition coefficient (Wildman–Crippen LogP) is 5.91. The van der Waals surface area contributed by atoms with Crippen LogP contribution in [0.5, 0.6) is 0 Å². The summed E-state index contributed by atoms with van der Waals surface area (Å²) in [5.74, 6) is -0.276. The van der Waals surface area contributed by atoms with Gasteiger partial charge in [-0.15, -0.1) is 0 Å². The van der Waals surface area contributed by atoms with E-state index in [1.165, 1.54) is 12.1 Å². The highest BCUT2D eigenvalue weighted by atomic mass is 19.1. The molecule has 3 nitrogen and oxygen atoms in total. The Bertz CT molecular complexity index is 1040. The van der Waals surface area contributed by atoms with E-state index >= 15 is 0 Å². The molecule has 0 saturated heterocycles. The highest BCUT2D eigenvalue weighted by Gasteiger charge is 2.14. The Balaban J connectivity index is 2.11. The number of allylic oxidation sites excluding steroid dienone is 2. The van der Waals surface area contributed by atoms with Gasteiger partial charge in [0.15, 0.2) is 0 Å². The molecule has 2 aromatic carbocycles. The summed E-state index contributed by atoms with van der Waals surface area (Å²) >= 11 is 0. The Morgan fingerprint density at radius 3 is 2.24 bits per heavy atom. The number of nitrogens with two attached hydrogens (primary N) is 1. The minimum Gasteiger partial charge on any atom is -0.399 e. The molecule has 0 amide bonds. The van der Waals surface area contributed by atoms with Crippen LogP contribution in [-0.2, 0) is 6.54 Å². The van der Waals surface area contributed by atoms with E-state index in [4.69, 9.17) is 5.73 Å². The molecule has 0 aromatic heterocycles. The minimum atomic E-state index is -0.439. The number of benzene rings is 2. The van der Waals surface area contributed by atoms with E-state index in [0.29, 0.717) is 37.4 Å². The SMILES string of the molecule is C=C(N)C(=C)/C(=C/C)c1cc(C(=C)NCCN(CCF)Cc2ccc(F)cc2)c(C)cc1C. The van der Waals surface area contributed by atoms with E-state index in [1.807, 2.05) is 17.9 Å². The maximum Gasteiger partial charge on any atom is 0.123 e. The highest BCUT2D eigenvalue weighted by molar-refractivity contribution is 5.85. The van der Waals surface area contributed by atoms with Crippen molar-refractivity contribution in [2.45, 2.75) is 27.3 Å². The summed E-state index contributed by atoms with van der Waals surface area (Å²) in [4.78, 5) is 2.00. The van der Waals surface area contributed by atoms with Crippen LogP contribution in [0.4, 0.5) is 8.78 Å². The molecule has 0 saturated carbocycles. The first-order valence-electron chi connectivity index (χ1n) is 11.1. The average Bonchev–Trinajstić information content (AvgIpc) is 2.76. The second kappa shape index (κ2) is 12.2. The van der Waals surface area contributed by atoms with Crippen molar-refractivity contribution in [2.24, 2.45) is 5.73 Å². The van der Waals surface area contributed by atoms with Gasteiger partial charge in [-0.25, -0.2) is 8.78 Å². The summed E-state index contributed by atoms with van der Waals surface area (Å²) in [6.45, 7) is 19.8. The number of aryl methyl sites for hydroxylation is 2. The van der Waals surface area contributed by atoms with E-state index < -0.39 is 6.67 Å². The third-order valence-electron chi connectivity index (χ3n) is 5.67. The molecule has 0 radical (unpaired) electrons. The van der Waals surface area contributed by atoms with Gasteiger partial charge in [0.05, 0.1) is 0 Å². The van der Waals surface area contributed by atoms with Crippen LogP contribution in [0.3, 0.4) is 0 Å². The van der Waals surface area contributed by atoms with Crippen LogP contribution in [0.25, 0.3) is 11.3 Å². The number of hydrogen-bond donors (Lipinski definition) is 2. The number of rotatable bonds is 12. The molecule has 0 aliphatic rings. The molecular formula is C28H35F2N3. The molecule has 33 heavy (non-hydrogen) atoms. The van der Waals surface area contributed by atoms with Crippen molar-refractivity contribution in [2.75, 3.05) is 26.3 Å². The number of alkyl halides is 1. The predicted molar refractivity (Wildman–Crippen MR) is 137 cm³/mol. The van der Waals surface area contributed by atoms with Gasteiger partial charge in [0.25, 0.3) is 0 Å². The smallest absolute Gasteiger partial charge is 0.123 e. The molecule has 0 bridgehead atoms. The van der Waals surface area contributed by atoms with Crippen LogP contribution in [0, 0.1) is 19.7 Å². The molecule has 176 valence electrons. The number of hydrogen-bond acceptors (Lipinski definition) is 3. The summed E-state index contributed by atoms with van der Waals surface area (Å²) in [6, 6.07) is 10.5. The number of halogens is 2. The maximum absolute atomic E-state index is 13.2. The number of nitrogens with zero attached hydrogens (tertiary/aromatic N) is 1. The van der Waals surface area contributed by atoms with E-state index in [2.05, 4.69) is 51.0 Å². The summed E-state index contributed by atoms with van der Waals surface area (Å²) in [5, 5.41) is 3.38. The zero-order chi connectivity index (χ0) is 24.5. The zero-order valence-electron chi connectivity index (χ0n) is 20.0. The second-order valence-corrected chi connectivity index (χ2v) is 8.19. The topological polar surface area (TPSA) is 41.3 Å². The molecule has 2 aromatic rings. The van der Waals surface area contributed by atoms with Gasteiger partial charge in [0.1, 0.15) is 12.5 Å². The Labute approximate surface area is 197 Å². The Hall–Kier alpha value is -3.18. The first kappa shape index (κ1) is 26.1.